The molecule has 0 fully saturated rings. The fourth-order valence-corrected chi connectivity index (χ4v) is 4.54. The molecule has 1 aliphatic rings. The molecule has 2 N–H and O–H groups in total. The van der Waals surface area contributed by atoms with Crippen LogP contribution in [0.15, 0.2) is 24.3 Å². The van der Waals surface area contributed by atoms with E-state index < -0.39 is 0 Å². The number of hydrogen-bond acceptors (Lipinski definition) is 3. The van der Waals surface area contributed by atoms with Gasteiger partial charge in [-0.2, -0.15) is 5.26 Å². The molecule has 0 saturated heterocycles. The van der Waals surface area contributed by atoms with Gasteiger partial charge in [0.15, 0.2) is 0 Å². The number of nitriles is 1. The van der Waals surface area contributed by atoms with Crippen LogP contribution >= 0.6 is 22.9 Å². The molecule has 3 rings (SSSR count). The molecule has 1 unspecified atom stereocenters. The lowest BCUT2D eigenvalue weighted by atomic mass is 9.86. The van der Waals surface area contributed by atoms with E-state index >= 15 is 0 Å². The summed E-state index contributed by atoms with van der Waals surface area (Å²) in [6, 6.07) is 8.86. The molecule has 124 valence electrons. The van der Waals surface area contributed by atoms with Gasteiger partial charge in [0.25, 0.3) is 0 Å². The average molecular weight is 360 g/mol. The van der Waals surface area contributed by atoms with E-state index in [4.69, 9.17) is 11.6 Å². The third-order valence-corrected chi connectivity index (χ3v) is 5.77. The van der Waals surface area contributed by atoms with Gasteiger partial charge in [-0.3, -0.25) is 5.32 Å². The molecule has 4 nitrogen and oxygen atoms in total. The van der Waals surface area contributed by atoms with Crippen molar-refractivity contribution in [3.63, 3.8) is 0 Å². The highest BCUT2D eigenvalue weighted by Gasteiger charge is 2.25. The van der Waals surface area contributed by atoms with Crippen molar-refractivity contribution in [2.45, 2.75) is 32.6 Å². The Kier molecular flexibility index (Phi) is 5.08. The fraction of sp³-hybridized carbons (Fsp3) is 0.333. The SMILES string of the molecule is CCC1CCc2c(sc(NC(=O)Nc3cccc(Cl)c3)c2C#N)C1. The van der Waals surface area contributed by atoms with Crippen molar-refractivity contribution in [1.29, 1.82) is 5.26 Å². The maximum absolute atomic E-state index is 12.2. The van der Waals surface area contributed by atoms with Crippen LogP contribution in [0.25, 0.3) is 0 Å². The first-order valence-corrected chi connectivity index (χ1v) is 9.18. The van der Waals surface area contributed by atoms with Crippen molar-refractivity contribution in [2.75, 3.05) is 10.6 Å². The van der Waals surface area contributed by atoms with E-state index in [-0.39, 0.29) is 6.03 Å². The third kappa shape index (κ3) is 3.55. The molecule has 1 aliphatic carbocycles. The lowest BCUT2D eigenvalue weighted by Gasteiger charge is -2.20. The van der Waals surface area contributed by atoms with E-state index in [0.717, 1.165) is 31.2 Å². The smallest absolute Gasteiger partial charge is 0.308 e. The molecule has 0 radical (unpaired) electrons. The second kappa shape index (κ2) is 7.25. The zero-order chi connectivity index (χ0) is 17.1. The van der Waals surface area contributed by atoms with E-state index in [0.29, 0.717) is 27.2 Å². The monoisotopic (exact) mass is 359 g/mol. The van der Waals surface area contributed by atoms with Gasteiger partial charge in [-0.05, 0) is 48.9 Å². The standard InChI is InChI=1S/C18H18ClN3OS/c1-2-11-6-7-14-15(10-20)17(24-16(14)8-11)22-18(23)21-13-5-3-4-12(19)9-13/h3-5,9,11H,2,6-8H2,1H3,(H2,21,22,23). The van der Waals surface area contributed by atoms with Crippen molar-refractivity contribution < 1.29 is 4.79 Å². The van der Waals surface area contributed by atoms with E-state index in [2.05, 4.69) is 23.6 Å². The number of urea groups is 1. The highest BCUT2D eigenvalue weighted by atomic mass is 35.5. The maximum Gasteiger partial charge on any atom is 0.324 e. The van der Waals surface area contributed by atoms with Crippen LogP contribution in [0.5, 0.6) is 0 Å². The van der Waals surface area contributed by atoms with Crippen LogP contribution in [0.1, 0.15) is 35.8 Å². The Balaban J connectivity index is 1.77. The van der Waals surface area contributed by atoms with E-state index in [1.807, 2.05) is 0 Å². The summed E-state index contributed by atoms with van der Waals surface area (Å²) in [5.41, 5.74) is 2.35. The highest BCUT2D eigenvalue weighted by Crippen LogP contribution is 2.40. The lowest BCUT2D eigenvalue weighted by molar-refractivity contribution is 0.262. The summed E-state index contributed by atoms with van der Waals surface area (Å²) >= 11 is 7.45. The number of amides is 2. The largest absolute Gasteiger partial charge is 0.324 e. The summed E-state index contributed by atoms with van der Waals surface area (Å²) in [6.07, 6.45) is 4.19. The van der Waals surface area contributed by atoms with Gasteiger partial charge < -0.3 is 5.32 Å². The van der Waals surface area contributed by atoms with Gasteiger partial charge in [0, 0.05) is 15.6 Å². The van der Waals surface area contributed by atoms with E-state index in [9.17, 15) is 10.1 Å². The lowest BCUT2D eigenvalue weighted by Crippen LogP contribution is -2.19. The number of halogens is 1. The minimum Gasteiger partial charge on any atom is -0.308 e. The molecule has 1 aromatic carbocycles. The third-order valence-electron chi connectivity index (χ3n) is 4.37. The van der Waals surface area contributed by atoms with Gasteiger partial charge in [-0.25, -0.2) is 4.79 Å². The normalized spacial score (nSPS) is 16.1. The second-order valence-corrected chi connectivity index (χ2v) is 7.47. The van der Waals surface area contributed by atoms with Crippen LogP contribution in [-0.2, 0) is 12.8 Å². The fourth-order valence-electron chi connectivity index (χ4n) is 3.04. The Hall–Kier alpha value is -2.03. The van der Waals surface area contributed by atoms with Crippen LogP contribution in [0.3, 0.4) is 0 Å². The summed E-state index contributed by atoms with van der Waals surface area (Å²) < 4.78 is 0. The molecule has 1 heterocycles. The summed E-state index contributed by atoms with van der Waals surface area (Å²) in [5, 5.41) is 16.3. The number of nitrogens with zero attached hydrogens (tertiary/aromatic N) is 1. The number of hydrogen-bond donors (Lipinski definition) is 2. The summed E-state index contributed by atoms with van der Waals surface area (Å²) in [6.45, 7) is 2.20. The van der Waals surface area contributed by atoms with Crippen LogP contribution in [0.4, 0.5) is 15.5 Å². The number of benzene rings is 1. The Morgan fingerprint density at radius 2 is 2.29 bits per heavy atom. The van der Waals surface area contributed by atoms with Crippen LogP contribution in [0.2, 0.25) is 5.02 Å². The van der Waals surface area contributed by atoms with E-state index in [1.54, 1.807) is 24.3 Å². The van der Waals surface area contributed by atoms with Crippen LogP contribution in [-0.4, -0.2) is 6.03 Å². The quantitative estimate of drug-likeness (QED) is 0.767. The number of nitrogens with one attached hydrogen (secondary N) is 2. The highest BCUT2D eigenvalue weighted by molar-refractivity contribution is 7.16. The summed E-state index contributed by atoms with van der Waals surface area (Å²) in [4.78, 5) is 13.5. The molecule has 0 saturated carbocycles. The Morgan fingerprint density at radius 1 is 1.46 bits per heavy atom. The predicted molar refractivity (Wildman–Crippen MR) is 98.9 cm³/mol. The van der Waals surface area contributed by atoms with Crippen molar-refractivity contribution in [2.24, 2.45) is 5.92 Å². The van der Waals surface area contributed by atoms with Crippen molar-refractivity contribution >= 4 is 39.7 Å². The van der Waals surface area contributed by atoms with Gasteiger partial charge in [-0.1, -0.05) is 31.0 Å². The van der Waals surface area contributed by atoms with Gasteiger partial charge in [-0.15, -0.1) is 11.3 Å². The predicted octanol–water partition coefficient (Wildman–Crippen LogP) is 5.43. The van der Waals surface area contributed by atoms with Crippen molar-refractivity contribution in [1.82, 2.24) is 0 Å². The van der Waals surface area contributed by atoms with Crippen molar-refractivity contribution in [3.05, 3.63) is 45.3 Å². The number of anilines is 2. The van der Waals surface area contributed by atoms with E-state index in [1.165, 1.54) is 16.2 Å². The molecule has 2 amide bonds. The molecule has 0 bridgehead atoms. The zero-order valence-corrected chi connectivity index (χ0v) is 14.9. The zero-order valence-electron chi connectivity index (χ0n) is 13.4. The number of carbonyl (C=O) groups excluding carboxylic acids is 1. The van der Waals surface area contributed by atoms with Crippen LogP contribution in [0, 0.1) is 17.2 Å². The summed E-state index contributed by atoms with van der Waals surface area (Å²) in [5.74, 6) is 0.677. The maximum atomic E-state index is 12.2. The minimum absolute atomic E-state index is 0.362. The number of fused-ring (bicyclic) bond motifs is 1. The molecule has 24 heavy (non-hydrogen) atoms. The Bertz CT molecular complexity index is 809. The molecule has 1 atom stereocenters. The van der Waals surface area contributed by atoms with Gasteiger partial charge in [0.05, 0.1) is 5.56 Å². The summed E-state index contributed by atoms with van der Waals surface area (Å²) in [7, 11) is 0. The topological polar surface area (TPSA) is 64.9 Å². The Morgan fingerprint density at radius 3 is 3.00 bits per heavy atom. The van der Waals surface area contributed by atoms with Gasteiger partial charge in [0.2, 0.25) is 0 Å². The first kappa shape index (κ1) is 16.8. The first-order chi connectivity index (χ1) is 11.6. The molecular formula is C18H18ClN3OS. The molecule has 1 aromatic heterocycles. The number of rotatable bonds is 3. The molecule has 6 heteroatoms. The molecular weight excluding hydrogens is 342 g/mol. The van der Waals surface area contributed by atoms with Gasteiger partial charge >= 0.3 is 6.03 Å². The average Bonchev–Trinajstić information content (AvgIpc) is 2.90. The van der Waals surface area contributed by atoms with Gasteiger partial charge in [0.1, 0.15) is 11.1 Å². The minimum atomic E-state index is -0.362. The molecule has 0 spiro atoms. The number of thiophene rings is 1. The second-order valence-electron chi connectivity index (χ2n) is 5.93. The number of carbonyl (C=O) groups is 1. The Labute approximate surface area is 150 Å². The molecule has 2 aromatic rings. The van der Waals surface area contributed by atoms with Crippen molar-refractivity contribution in [3.8, 4) is 6.07 Å². The first-order valence-electron chi connectivity index (χ1n) is 7.99. The van der Waals surface area contributed by atoms with Crippen LogP contribution < -0.4 is 10.6 Å². The molecule has 0 aliphatic heterocycles.